The number of rotatable bonds is 5. The van der Waals surface area contributed by atoms with Crippen LogP contribution in [0.2, 0.25) is 5.02 Å². The Balaban J connectivity index is 1.61. The molecule has 2 heterocycles. The van der Waals surface area contributed by atoms with Crippen molar-refractivity contribution < 1.29 is 13.6 Å². The molecule has 3 rings (SSSR count). The van der Waals surface area contributed by atoms with Gasteiger partial charge >= 0.3 is 0 Å². The number of nitrogens with one attached hydrogen (secondary N) is 1. The number of amides is 1. The quantitative estimate of drug-likeness (QED) is 0.698. The Labute approximate surface area is 141 Å². The van der Waals surface area contributed by atoms with Gasteiger partial charge in [-0.15, -0.1) is 10.2 Å². The van der Waals surface area contributed by atoms with Crippen molar-refractivity contribution in [3.05, 3.63) is 47.7 Å². The number of aromatic nitrogens is 2. The van der Waals surface area contributed by atoms with E-state index in [0.717, 1.165) is 0 Å². The van der Waals surface area contributed by atoms with Crippen LogP contribution in [0.3, 0.4) is 0 Å². The van der Waals surface area contributed by atoms with E-state index in [1.54, 1.807) is 43.3 Å². The van der Waals surface area contributed by atoms with Gasteiger partial charge in [-0.1, -0.05) is 23.4 Å². The number of hydrogen-bond acceptors (Lipinski definition) is 6. The van der Waals surface area contributed by atoms with Gasteiger partial charge in [0, 0.05) is 10.7 Å². The second-order valence-corrected chi connectivity index (χ2v) is 6.34. The molecule has 1 aromatic carbocycles. The third kappa shape index (κ3) is 3.94. The number of nitrogens with zero attached hydrogens (tertiary/aromatic N) is 2. The van der Waals surface area contributed by atoms with Crippen LogP contribution in [-0.2, 0) is 4.79 Å². The molecule has 0 saturated heterocycles. The van der Waals surface area contributed by atoms with E-state index < -0.39 is 5.25 Å². The van der Waals surface area contributed by atoms with E-state index in [-0.39, 0.29) is 11.8 Å². The smallest absolute Gasteiger partial charge is 0.284 e. The van der Waals surface area contributed by atoms with Crippen LogP contribution in [0.15, 0.2) is 56.7 Å². The minimum atomic E-state index is -0.407. The van der Waals surface area contributed by atoms with E-state index in [9.17, 15) is 4.79 Å². The molecule has 0 aliphatic carbocycles. The van der Waals surface area contributed by atoms with Gasteiger partial charge in [0.25, 0.3) is 11.1 Å². The molecule has 2 aromatic heterocycles. The number of hydrogen-bond donors (Lipinski definition) is 1. The largest absolute Gasteiger partial charge is 0.459 e. The first-order chi connectivity index (χ1) is 11.1. The van der Waals surface area contributed by atoms with Crippen molar-refractivity contribution in [3.8, 4) is 11.7 Å². The lowest BCUT2D eigenvalue weighted by molar-refractivity contribution is -0.115. The molecule has 0 aliphatic heterocycles. The first kappa shape index (κ1) is 15.6. The Morgan fingerprint density at radius 3 is 2.74 bits per heavy atom. The second kappa shape index (κ2) is 6.89. The van der Waals surface area contributed by atoms with Crippen LogP contribution in [0.4, 0.5) is 5.69 Å². The molecule has 6 nitrogen and oxygen atoms in total. The lowest BCUT2D eigenvalue weighted by Crippen LogP contribution is -2.22. The van der Waals surface area contributed by atoms with Crippen molar-refractivity contribution in [1.29, 1.82) is 0 Å². The topological polar surface area (TPSA) is 81.2 Å². The minimum Gasteiger partial charge on any atom is -0.459 e. The van der Waals surface area contributed by atoms with Crippen molar-refractivity contribution in [1.82, 2.24) is 10.2 Å². The first-order valence-electron chi connectivity index (χ1n) is 6.72. The molecule has 0 radical (unpaired) electrons. The van der Waals surface area contributed by atoms with Crippen LogP contribution in [0, 0.1) is 0 Å². The zero-order valence-electron chi connectivity index (χ0n) is 12.0. The van der Waals surface area contributed by atoms with Crippen LogP contribution in [0.5, 0.6) is 0 Å². The molecule has 8 heteroatoms. The summed E-state index contributed by atoms with van der Waals surface area (Å²) < 4.78 is 10.6. The summed E-state index contributed by atoms with van der Waals surface area (Å²) in [5, 5.41) is 11.1. The summed E-state index contributed by atoms with van der Waals surface area (Å²) in [7, 11) is 0. The van der Waals surface area contributed by atoms with Crippen LogP contribution in [0.1, 0.15) is 6.92 Å². The molecule has 23 heavy (non-hydrogen) atoms. The molecular formula is C15H12ClN3O3S. The van der Waals surface area contributed by atoms with E-state index >= 15 is 0 Å². The third-order valence-electron chi connectivity index (χ3n) is 2.90. The Bertz CT molecular complexity index is 787. The molecule has 0 saturated carbocycles. The lowest BCUT2D eigenvalue weighted by atomic mass is 10.3. The predicted octanol–water partition coefficient (Wildman–Crippen LogP) is 4.10. The average molecular weight is 350 g/mol. The highest BCUT2D eigenvalue weighted by Crippen LogP contribution is 2.27. The fourth-order valence-electron chi connectivity index (χ4n) is 1.74. The first-order valence-corrected chi connectivity index (χ1v) is 7.98. The van der Waals surface area contributed by atoms with E-state index in [1.807, 2.05) is 0 Å². The highest BCUT2D eigenvalue weighted by Gasteiger charge is 2.19. The number of halogens is 1. The summed E-state index contributed by atoms with van der Waals surface area (Å²) in [4.78, 5) is 12.2. The summed E-state index contributed by atoms with van der Waals surface area (Å²) in [6.45, 7) is 1.76. The minimum absolute atomic E-state index is 0.171. The highest BCUT2D eigenvalue weighted by atomic mass is 35.5. The van der Waals surface area contributed by atoms with Crippen molar-refractivity contribution in [2.75, 3.05) is 5.32 Å². The summed E-state index contributed by atoms with van der Waals surface area (Å²) in [5.41, 5.74) is 0.675. The maximum absolute atomic E-state index is 12.2. The molecule has 0 aliphatic rings. The molecule has 1 unspecified atom stereocenters. The van der Waals surface area contributed by atoms with E-state index in [1.165, 1.54) is 18.0 Å². The SMILES string of the molecule is CC(Sc1nnc(-c2ccco2)o1)C(=O)Nc1ccc(Cl)cc1. The summed E-state index contributed by atoms with van der Waals surface area (Å²) >= 11 is 6.98. The van der Waals surface area contributed by atoms with Crippen molar-refractivity contribution >= 4 is 35.0 Å². The standard InChI is InChI=1S/C15H12ClN3O3S/c1-9(13(20)17-11-6-4-10(16)5-7-11)23-15-19-18-14(22-15)12-3-2-8-21-12/h2-9H,1H3,(H,17,20). The van der Waals surface area contributed by atoms with E-state index in [0.29, 0.717) is 21.7 Å². The van der Waals surface area contributed by atoms with Gasteiger partial charge in [-0.2, -0.15) is 0 Å². The maximum Gasteiger partial charge on any atom is 0.284 e. The molecular weight excluding hydrogens is 338 g/mol. The summed E-state index contributed by atoms with van der Waals surface area (Å²) in [5.74, 6) is 0.598. The number of carbonyl (C=O) groups excluding carboxylic acids is 1. The molecule has 118 valence electrons. The van der Waals surface area contributed by atoms with Crippen LogP contribution in [-0.4, -0.2) is 21.4 Å². The Kier molecular flexibility index (Phi) is 4.68. The van der Waals surface area contributed by atoms with Gasteiger partial charge < -0.3 is 14.2 Å². The molecule has 1 N–H and O–H groups in total. The van der Waals surface area contributed by atoms with Crippen molar-refractivity contribution in [2.24, 2.45) is 0 Å². The Morgan fingerprint density at radius 2 is 2.04 bits per heavy atom. The number of thioether (sulfide) groups is 1. The lowest BCUT2D eigenvalue weighted by Gasteiger charge is -2.09. The average Bonchev–Trinajstić information content (AvgIpc) is 3.20. The van der Waals surface area contributed by atoms with Gasteiger partial charge in [-0.05, 0) is 43.3 Å². The van der Waals surface area contributed by atoms with Crippen LogP contribution in [0.25, 0.3) is 11.7 Å². The van der Waals surface area contributed by atoms with Crippen molar-refractivity contribution in [2.45, 2.75) is 17.4 Å². The van der Waals surface area contributed by atoms with Crippen LogP contribution >= 0.6 is 23.4 Å². The fraction of sp³-hybridized carbons (Fsp3) is 0.133. The highest BCUT2D eigenvalue weighted by molar-refractivity contribution is 8.00. The van der Waals surface area contributed by atoms with Crippen molar-refractivity contribution in [3.63, 3.8) is 0 Å². The van der Waals surface area contributed by atoms with Gasteiger partial charge in [-0.3, -0.25) is 4.79 Å². The predicted molar refractivity (Wildman–Crippen MR) is 87.4 cm³/mol. The zero-order valence-corrected chi connectivity index (χ0v) is 13.6. The molecule has 1 atom stereocenters. The fourth-order valence-corrected chi connectivity index (χ4v) is 2.55. The molecule has 0 fully saturated rings. The summed E-state index contributed by atoms with van der Waals surface area (Å²) in [6.07, 6.45) is 1.52. The normalized spacial score (nSPS) is 12.1. The van der Waals surface area contributed by atoms with Gasteiger partial charge in [0.1, 0.15) is 0 Å². The maximum atomic E-state index is 12.2. The van der Waals surface area contributed by atoms with Crippen LogP contribution < -0.4 is 5.32 Å². The summed E-state index contributed by atoms with van der Waals surface area (Å²) in [6, 6.07) is 10.3. The molecule has 0 spiro atoms. The molecule has 1 amide bonds. The van der Waals surface area contributed by atoms with E-state index in [2.05, 4.69) is 15.5 Å². The monoisotopic (exact) mass is 349 g/mol. The van der Waals surface area contributed by atoms with E-state index in [4.69, 9.17) is 20.4 Å². The number of benzene rings is 1. The third-order valence-corrected chi connectivity index (χ3v) is 4.08. The van der Waals surface area contributed by atoms with Gasteiger partial charge in [-0.25, -0.2) is 0 Å². The van der Waals surface area contributed by atoms with Gasteiger partial charge in [0.05, 0.1) is 11.5 Å². The number of anilines is 1. The van der Waals surface area contributed by atoms with Gasteiger partial charge in [0.15, 0.2) is 5.76 Å². The Morgan fingerprint density at radius 1 is 1.26 bits per heavy atom. The second-order valence-electron chi connectivity index (χ2n) is 4.61. The number of furan rings is 1. The van der Waals surface area contributed by atoms with Gasteiger partial charge in [0.2, 0.25) is 5.91 Å². The number of carbonyl (C=O) groups is 1. The molecule has 0 bridgehead atoms. The Hall–Kier alpha value is -2.25. The molecule has 3 aromatic rings. The zero-order chi connectivity index (χ0) is 16.2.